The van der Waals surface area contributed by atoms with Gasteiger partial charge in [-0.15, -0.1) is 0 Å². The Balaban J connectivity index is 2.40. The summed E-state index contributed by atoms with van der Waals surface area (Å²) in [6, 6.07) is 7.51. The third kappa shape index (κ3) is 2.46. The number of para-hydroxylation sites is 1. The van der Waals surface area contributed by atoms with E-state index in [1.54, 1.807) is 12.1 Å². The van der Waals surface area contributed by atoms with Gasteiger partial charge in [-0.3, -0.25) is 0 Å². The Labute approximate surface area is 112 Å². The van der Waals surface area contributed by atoms with Crippen molar-refractivity contribution in [2.45, 2.75) is 6.92 Å². The Morgan fingerprint density at radius 3 is 2.56 bits per heavy atom. The molecule has 0 radical (unpaired) electrons. The maximum atomic E-state index is 13.6. The van der Waals surface area contributed by atoms with Crippen LogP contribution in [0.15, 0.2) is 34.8 Å². The van der Waals surface area contributed by atoms with Gasteiger partial charge in [-0.2, -0.15) is 0 Å². The normalized spacial score (nSPS) is 10.4. The molecule has 0 aliphatic rings. The van der Waals surface area contributed by atoms with E-state index in [2.05, 4.69) is 21.2 Å². The van der Waals surface area contributed by atoms with Crippen molar-refractivity contribution in [2.24, 2.45) is 0 Å². The maximum absolute atomic E-state index is 13.6. The molecule has 94 valence electrons. The molecule has 0 aliphatic heterocycles. The fourth-order valence-corrected chi connectivity index (χ4v) is 1.87. The van der Waals surface area contributed by atoms with Gasteiger partial charge in [-0.25, -0.2) is 8.78 Å². The lowest BCUT2D eigenvalue weighted by atomic mass is 10.1. The summed E-state index contributed by atoms with van der Waals surface area (Å²) in [7, 11) is 0. The van der Waals surface area contributed by atoms with Gasteiger partial charge in [0, 0.05) is 6.07 Å². The van der Waals surface area contributed by atoms with Crippen molar-refractivity contribution in [3.05, 3.63) is 52.0 Å². The fourth-order valence-electron chi connectivity index (χ4n) is 1.55. The highest BCUT2D eigenvalue weighted by molar-refractivity contribution is 9.10. The highest BCUT2D eigenvalue weighted by Gasteiger charge is 2.10. The average Bonchev–Trinajstić information content (AvgIpc) is 2.32. The predicted octanol–water partition coefficient (Wildman–Crippen LogP) is 4.36. The first-order valence-corrected chi connectivity index (χ1v) is 6.05. The molecule has 0 saturated heterocycles. The molecular weight excluding hydrogens is 302 g/mol. The summed E-state index contributed by atoms with van der Waals surface area (Å²) >= 11 is 2.92. The van der Waals surface area contributed by atoms with E-state index in [9.17, 15) is 8.78 Å². The number of nitrogens with one attached hydrogen (secondary N) is 1. The predicted molar refractivity (Wildman–Crippen MR) is 72.9 cm³/mol. The van der Waals surface area contributed by atoms with E-state index in [1.807, 2.05) is 13.0 Å². The van der Waals surface area contributed by atoms with Crippen molar-refractivity contribution in [3.63, 3.8) is 0 Å². The van der Waals surface area contributed by atoms with Gasteiger partial charge in [0.15, 0.2) is 0 Å². The molecule has 0 spiro atoms. The van der Waals surface area contributed by atoms with Crippen LogP contribution in [0.25, 0.3) is 0 Å². The quantitative estimate of drug-likeness (QED) is 0.638. The van der Waals surface area contributed by atoms with Crippen molar-refractivity contribution in [1.29, 1.82) is 0 Å². The first-order valence-electron chi connectivity index (χ1n) is 5.25. The lowest BCUT2D eigenvalue weighted by Crippen LogP contribution is -2.00. The molecule has 2 aromatic rings. The van der Waals surface area contributed by atoms with Crippen molar-refractivity contribution in [1.82, 2.24) is 0 Å². The number of anilines is 3. The van der Waals surface area contributed by atoms with Crippen LogP contribution in [0.4, 0.5) is 25.8 Å². The Morgan fingerprint density at radius 1 is 1.11 bits per heavy atom. The molecule has 0 unspecified atom stereocenters. The summed E-state index contributed by atoms with van der Waals surface area (Å²) in [5.41, 5.74) is 7.85. The van der Waals surface area contributed by atoms with Crippen molar-refractivity contribution >= 4 is 33.0 Å². The Kier molecular flexibility index (Phi) is 3.52. The zero-order valence-corrected chi connectivity index (χ0v) is 11.2. The smallest absolute Gasteiger partial charge is 0.147 e. The number of rotatable bonds is 2. The molecule has 0 aromatic heterocycles. The van der Waals surface area contributed by atoms with Crippen LogP contribution >= 0.6 is 15.9 Å². The molecule has 0 aliphatic carbocycles. The van der Waals surface area contributed by atoms with E-state index < -0.39 is 11.6 Å². The summed E-state index contributed by atoms with van der Waals surface area (Å²) in [4.78, 5) is 0. The van der Waals surface area contributed by atoms with Gasteiger partial charge in [-0.05, 0) is 40.5 Å². The van der Waals surface area contributed by atoms with Gasteiger partial charge < -0.3 is 11.1 Å². The standard InChI is InChI=1S/C13H11BrF2N2/c1-7-3-2-4-11(13(7)17)18-12-6-9(15)8(14)5-10(12)16/h2-6,18H,17H2,1H3. The number of halogens is 3. The van der Waals surface area contributed by atoms with Crippen LogP contribution in [0.2, 0.25) is 0 Å². The van der Waals surface area contributed by atoms with E-state index in [4.69, 9.17) is 5.73 Å². The van der Waals surface area contributed by atoms with Gasteiger partial charge in [0.25, 0.3) is 0 Å². The number of hydrogen-bond donors (Lipinski definition) is 2. The van der Waals surface area contributed by atoms with Crippen LogP contribution in [-0.2, 0) is 0 Å². The molecule has 2 rings (SSSR count). The molecule has 0 saturated carbocycles. The molecular formula is C13H11BrF2N2. The first-order chi connectivity index (χ1) is 8.49. The minimum Gasteiger partial charge on any atom is -0.397 e. The van der Waals surface area contributed by atoms with Gasteiger partial charge >= 0.3 is 0 Å². The lowest BCUT2D eigenvalue weighted by Gasteiger charge is -2.12. The van der Waals surface area contributed by atoms with Gasteiger partial charge in [-0.1, -0.05) is 12.1 Å². The number of benzene rings is 2. The molecule has 5 heteroatoms. The second-order valence-corrected chi connectivity index (χ2v) is 4.76. The van der Waals surface area contributed by atoms with Crippen LogP contribution in [0.3, 0.4) is 0 Å². The number of nitrogens with two attached hydrogens (primary N) is 1. The summed E-state index contributed by atoms with van der Waals surface area (Å²) < 4.78 is 27.1. The zero-order chi connectivity index (χ0) is 13.3. The van der Waals surface area contributed by atoms with Crippen LogP contribution < -0.4 is 11.1 Å². The minimum atomic E-state index is -0.552. The van der Waals surface area contributed by atoms with Gasteiger partial charge in [0.05, 0.1) is 21.5 Å². The van der Waals surface area contributed by atoms with Crippen LogP contribution in [0.1, 0.15) is 5.56 Å². The zero-order valence-electron chi connectivity index (χ0n) is 9.60. The molecule has 0 amide bonds. The van der Waals surface area contributed by atoms with E-state index in [-0.39, 0.29) is 10.2 Å². The molecule has 0 heterocycles. The maximum Gasteiger partial charge on any atom is 0.147 e. The fraction of sp³-hybridized carbons (Fsp3) is 0.0769. The first kappa shape index (κ1) is 12.8. The third-order valence-corrected chi connectivity index (χ3v) is 3.21. The Morgan fingerprint density at radius 2 is 1.83 bits per heavy atom. The summed E-state index contributed by atoms with van der Waals surface area (Å²) in [5.74, 6) is -1.09. The monoisotopic (exact) mass is 312 g/mol. The topological polar surface area (TPSA) is 38.0 Å². The minimum absolute atomic E-state index is 0.0491. The van der Waals surface area contributed by atoms with Gasteiger partial charge in [0.2, 0.25) is 0 Å². The number of aryl methyl sites for hydroxylation is 1. The Hall–Kier alpha value is -1.62. The van der Waals surface area contributed by atoms with E-state index in [0.717, 1.165) is 17.7 Å². The van der Waals surface area contributed by atoms with Crippen LogP contribution in [-0.4, -0.2) is 0 Å². The second-order valence-electron chi connectivity index (χ2n) is 3.91. The van der Waals surface area contributed by atoms with E-state index >= 15 is 0 Å². The lowest BCUT2D eigenvalue weighted by molar-refractivity contribution is 0.598. The number of nitrogen functional groups attached to an aromatic ring is 1. The molecule has 2 aromatic carbocycles. The van der Waals surface area contributed by atoms with Crippen molar-refractivity contribution < 1.29 is 8.78 Å². The second kappa shape index (κ2) is 4.94. The largest absolute Gasteiger partial charge is 0.397 e. The molecule has 18 heavy (non-hydrogen) atoms. The van der Waals surface area contributed by atoms with Crippen LogP contribution in [0, 0.1) is 18.6 Å². The van der Waals surface area contributed by atoms with Crippen molar-refractivity contribution in [3.8, 4) is 0 Å². The summed E-state index contributed by atoms with van der Waals surface area (Å²) in [6.45, 7) is 1.85. The summed E-state index contributed by atoms with van der Waals surface area (Å²) in [6.07, 6.45) is 0. The SMILES string of the molecule is Cc1cccc(Nc2cc(F)c(Br)cc2F)c1N. The molecule has 3 N–H and O–H groups in total. The molecule has 0 fully saturated rings. The molecule has 0 bridgehead atoms. The Bertz CT molecular complexity index is 600. The summed E-state index contributed by atoms with van der Waals surface area (Å²) in [5, 5.41) is 2.79. The van der Waals surface area contributed by atoms with Gasteiger partial charge in [0.1, 0.15) is 11.6 Å². The highest BCUT2D eigenvalue weighted by Crippen LogP contribution is 2.29. The van der Waals surface area contributed by atoms with E-state index in [1.165, 1.54) is 0 Å². The van der Waals surface area contributed by atoms with E-state index in [0.29, 0.717) is 11.4 Å². The van der Waals surface area contributed by atoms with Crippen LogP contribution in [0.5, 0.6) is 0 Å². The molecule has 2 nitrogen and oxygen atoms in total. The van der Waals surface area contributed by atoms with Crippen molar-refractivity contribution in [2.75, 3.05) is 11.1 Å². The highest BCUT2D eigenvalue weighted by atomic mass is 79.9. The third-order valence-electron chi connectivity index (χ3n) is 2.60. The molecule has 0 atom stereocenters. The number of hydrogen-bond acceptors (Lipinski definition) is 2. The average molecular weight is 313 g/mol.